The average Bonchev–Trinajstić information content (AvgIpc) is 2.90. The molecule has 1 rings (SSSR count). The lowest BCUT2D eigenvalue weighted by Crippen LogP contribution is -2.49. The highest BCUT2D eigenvalue weighted by molar-refractivity contribution is 6.35. The summed E-state index contributed by atoms with van der Waals surface area (Å²) in [7, 11) is 1.45. The first-order valence-corrected chi connectivity index (χ1v) is 7.27. The van der Waals surface area contributed by atoms with Gasteiger partial charge in [0.05, 0.1) is 0 Å². The molecule has 1 heterocycles. The highest BCUT2D eigenvalue weighted by Crippen LogP contribution is 2.21. The van der Waals surface area contributed by atoms with Crippen molar-refractivity contribution in [2.75, 3.05) is 13.6 Å². The minimum atomic E-state index is -0.726. The average molecular weight is 309 g/mol. The summed E-state index contributed by atoms with van der Waals surface area (Å²) >= 11 is 0. The van der Waals surface area contributed by atoms with Gasteiger partial charge in [-0.1, -0.05) is 19.9 Å². The number of ketones is 1. The minimum Gasteiger partial charge on any atom is -0.364 e. The van der Waals surface area contributed by atoms with E-state index in [4.69, 9.17) is 5.73 Å². The Morgan fingerprint density at radius 2 is 1.86 bits per heavy atom. The van der Waals surface area contributed by atoms with Crippen LogP contribution >= 0.6 is 0 Å². The molecule has 7 nitrogen and oxygen atoms in total. The number of carbonyl (C=O) groups is 4. The first-order valence-electron chi connectivity index (χ1n) is 7.27. The summed E-state index contributed by atoms with van der Waals surface area (Å²) in [4.78, 5) is 49.7. The van der Waals surface area contributed by atoms with Gasteiger partial charge in [0.15, 0.2) is 0 Å². The molecule has 1 aliphatic rings. The van der Waals surface area contributed by atoms with Crippen LogP contribution in [0.15, 0.2) is 11.8 Å². The molecule has 22 heavy (non-hydrogen) atoms. The van der Waals surface area contributed by atoms with Gasteiger partial charge in [0.25, 0.3) is 11.8 Å². The van der Waals surface area contributed by atoms with Crippen molar-refractivity contribution in [2.45, 2.75) is 39.7 Å². The highest BCUT2D eigenvalue weighted by atomic mass is 16.2. The van der Waals surface area contributed by atoms with Gasteiger partial charge in [-0.2, -0.15) is 0 Å². The Morgan fingerprint density at radius 1 is 1.27 bits per heavy atom. The quantitative estimate of drug-likeness (QED) is 0.572. The first-order chi connectivity index (χ1) is 10.2. The van der Waals surface area contributed by atoms with E-state index in [1.165, 1.54) is 23.8 Å². The fraction of sp³-hybridized carbons (Fsp3) is 0.600. The number of likely N-dealkylation sites (tertiary alicyclic amines) is 1. The molecule has 0 radical (unpaired) electrons. The molecule has 0 aromatic carbocycles. The monoisotopic (exact) mass is 309 g/mol. The van der Waals surface area contributed by atoms with Crippen molar-refractivity contribution in [3.05, 3.63) is 11.8 Å². The molecule has 2 N–H and O–H groups in total. The second kappa shape index (κ2) is 7.20. The van der Waals surface area contributed by atoms with Crippen molar-refractivity contribution in [1.82, 2.24) is 9.80 Å². The predicted octanol–water partition coefficient (Wildman–Crippen LogP) is 0.0500. The molecule has 0 aromatic rings. The second-order valence-electron chi connectivity index (χ2n) is 5.77. The van der Waals surface area contributed by atoms with Crippen LogP contribution in [0.1, 0.15) is 33.6 Å². The van der Waals surface area contributed by atoms with Crippen LogP contribution in [-0.4, -0.2) is 52.9 Å². The maximum absolute atomic E-state index is 12.6. The van der Waals surface area contributed by atoms with E-state index in [1.54, 1.807) is 6.08 Å². The van der Waals surface area contributed by atoms with Crippen molar-refractivity contribution < 1.29 is 19.2 Å². The number of rotatable bonds is 5. The normalized spacial score (nSPS) is 18.5. The topological polar surface area (TPSA) is 101 Å². The molecular weight excluding hydrogens is 286 g/mol. The Balaban J connectivity index is 3.00. The van der Waals surface area contributed by atoms with E-state index in [0.29, 0.717) is 19.4 Å². The van der Waals surface area contributed by atoms with Crippen LogP contribution in [-0.2, 0) is 19.2 Å². The van der Waals surface area contributed by atoms with E-state index in [-0.39, 0.29) is 11.6 Å². The van der Waals surface area contributed by atoms with E-state index >= 15 is 0 Å². The molecule has 7 heteroatoms. The van der Waals surface area contributed by atoms with Crippen molar-refractivity contribution in [2.24, 2.45) is 11.7 Å². The van der Waals surface area contributed by atoms with Crippen molar-refractivity contribution >= 4 is 23.5 Å². The molecule has 122 valence electrons. The molecule has 0 aromatic heterocycles. The summed E-state index contributed by atoms with van der Waals surface area (Å²) in [6, 6.07) is -0.726. The molecule has 1 atom stereocenters. The van der Waals surface area contributed by atoms with Crippen LogP contribution in [0.5, 0.6) is 0 Å². The molecule has 1 aliphatic heterocycles. The van der Waals surface area contributed by atoms with E-state index in [2.05, 4.69) is 0 Å². The Bertz CT molecular complexity index is 525. The van der Waals surface area contributed by atoms with Gasteiger partial charge in [-0.05, 0) is 18.8 Å². The number of likely N-dealkylation sites (N-methyl/N-ethyl adjacent to an activating group) is 1. The van der Waals surface area contributed by atoms with Gasteiger partial charge in [0.1, 0.15) is 11.7 Å². The van der Waals surface area contributed by atoms with Crippen LogP contribution < -0.4 is 5.73 Å². The molecule has 0 spiro atoms. The Labute approximate surface area is 130 Å². The maximum Gasteiger partial charge on any atom is 0.290 e. The zero-order valence-electron chi connectivity index (χ0n) is 13.5. The molecule has 0 unspecified atom stereocenters. The Morgan fingerprint density at radius 3 is 2.32 bits per heavy atom. The Hall–Kier alpha value is -2.18. The van der Waals surface area contributed by atoms with Crippen molar-refractivity contribution in [3.8, 4) is 0 Å². The van der Waals surface area contributed by atoms with Gasteiger partial charge in [0.2, 0.25) is 11.7 Å². The van der Waals surface area contributed by atoms with E-state index < -0.39 is 29.5 Å². The zero-order chi connectivity index (χ0) is 17.0. The summed E-state index contributed by atoms with van der Waals surface area (Å²) in [5.41, 5.74) is 5.43. The van der Waals surface area contributed by atoms with Gasteiger partial charge in [-0.15, -0.1) is 0 Å². The van der Waals surface area contributed by atoms with Crippen LogP contribution in [0, 0.1) is 5.92 Å². The number of amides is 3. The molecule has 0 aliphatic carbocycles. The molecule has 0 bridgehead atoms. The number of primary amides is 1. The molecule has 1 saturated heterocycles. The number of carbonyl (C=O) groups excluding carboxylic acids is 4. The molecule has 3 amide bonds. The lowest BCUT2D eigenvalue weighted by atomic mass is 10.1. The summed E-state index contributed by atoms with van der Waals surface area (Å²) in [6.07, 6.45) is 2.71. The van der Waals surface area contributed by atoms with Gasteiger partial charge >= 0.3 is 0 Å². The zero-order valence-corrected chi connectivity index (χ0v) is 13.5. The van der Waals surface area contributed by atoms with Crippen molar-refractivity contribution in [1.29, 1.82) is 0 Å². The molecule has 0 saturated carbocycles. The van der Waals surface area contributed by atoms with Crippen LogP contribution in [0.4, 0.5) is 0 Å². The maximum atomic E-state index is 12.6. The van der Waals surface area contributed by atoms with Gasteiger partial charge < -0.3 is 15.5 Å². The third-order valence-corrected chi connectivity index (χ3v) is 3.54. The van der Waals surface area contributed by atoms with Gasteiger partial charge in [0, 0.05) is 20.5 Å². The largest absolute Gasteiger partial charge is 0.364 e. The van der Waals surface area contributed by atoms with Crippen LogP contribution in [0.2, 0.25) is 0 Å². The number of allylic oxidation sites excluding steroid dienone is 1. The second-order valence-corrected chi connectivity index (χ2v) is 5.77. The van der Waals surface area contributed by atoms with E-state index in [9.17, 15) is 19.2 Å². The SMILES string of the molecule is CC(=O)C(=O)N1CCC[C@H]1C(=O)N(C)/C(=C\C(C)C)C(N)=O. The number of hydrogen-bond donors (Lipinski definition) is 1. The van der Waals surface area contributed by atoms with Gasteiger partial charge in [-0.3, -0.25) is 19.2 Å². The molecular formula is C15H23N3O4. The number of hydrogen-bond acceptors (Lipinski definition) is 4. The minimum absolute atomic E-state index is 0.0382. The third kappa shape index (κ3) is 3.93. The highest BCUT2D eigenvalue weighted by Gasteiger charge is 2.38. The third-order valence-electron chi connectivity index (χ3n) is 3.54. The fourth-order valence-electron chi connectivity index (χ4n) is 2.49. The summed E-state index contributed by atoms with van der Waals surface area (Å²) in [5, 5.41) is 0. The van der Waals surface area contributed by atoms with E-state index in [0.717, 1.165) is 0 Å². The standard InChI is InChI=1S/C15H23N3O4/c1-9(2)8-12(13(16)20)17(4)15(22)11-6-5-7-18(11)14(21)10(3)19/h8-9,11H,5-7H2,1-4H3,(H2,16,20)/b12-8-/t11-/m0/s1. The number of nitrogens with zero attached hydrogens (tertiary/aromatic N) is 2. The summed E-state index contributed by atoms with van der Waals surface area (Å²) < 4.78 is 0. The van der Waals surface area contributed by atoms with Crippen LogP contribution in [0.25, 0.3) is 0 Å². The summed E-state index contributed by atoms with van der Waals surface area (Å²) in [6.45, 7) is 5.27. The lowest BCUT2D eigenvalue weighted by Gasteiger charge is -2.28. The Kier molecular flexibility index (Phi) is 5.84. The van der Waals surface area contributed by atoms with Crippen LogP contribution in [0.3, 0.4) is 0 Å². The molecule has 1 fully saturated rings. The van der Waals surface area contributed by atoms with Gasteiger partial charge in [-0.25, -0.2) is 0 Å². The first kappa shape index (κ1) is 17.9. The number of nitrogens with two attached hydrogens (primary N) is 1. The van der Waals surface area contributed by atoms with E-state index in [1.807, 2.05) is 13.8 Å². The fourth-order valence-corrected chi connectivity index (χ4v) is 2.49. The number of Topliss-reactive ketones (excluding diaryl/α,β-unsaturated/α-hetero) is 1. The predicted molar refractivity (Wildman–Crippen MR) is 80.3 cm³/mol. The smallest absolute Gasteiger partial charge is 0.290 e. The lowest BCUT2D eigenvalue weighted by molar-refractivity contribution is -0.148. The van der Waals surface area contributed by atoms with Crippen molar-refractivity contribution in [3.63, 3.8) is 0 Å². The summed E-state index contributed by atoms with van der Waals surface area (Å²) in [5.74, 6) is -2.34.